The molecule has 24 heavy (non-hydrogen) atoms. The number of carbonyl (C=O) groups excluding carboxylic acids is 2. The zero-order valence-corrected chi connectivity index (χ0v) is 14.1. The lowest BCUT2D eigenvalue weighted by atomic mass is 9.93. The Morgan fingerprint density at radius 1 is 0.917 bits per heavy atom. The molecule has 2 aliphatic rings. The van der Waals surface area contributed by atoms with Crippen molar-refractivity contribution in [3.8, 4) is 11.1 Å². The molecule has 0 aromatic heterocycles. The highest BCUT2D eigenvalue weighted by atomic mass is 16.2. The number of benzene rings is 2. The third-order valence-corrected chi connectivity index (χ3v) is 5.41. The van der Waals surface area contributed by atoms with Crippen molar-refractivity contribution in [2.75, 3.05) is 0 Å². The fraction of sp³-hybridized carbons (Fsp3) is 0.333. The molecule has 0 radical (unpaired) electrons. The zero-order chi connectivity index (χ0) is 16.8. The summed E-state index contributed by atoms with van der Waals surface area (Å²) in [6.45, 7) is 4.24. The van der Waals surface area contributed by atoms with Crippen LogP contribution in [0.2, 0.25) is 0 Å². The minimum absolute atomic E-state index is 0.0231. The Bertz CT molecular complexity index is 829. The number of piperidine rings is 1. The van der Waals surface area contributed by atoms with E-state index in [1.54, 1.807) is 0 Å². The van der Waals surface area contributed by atoms with Crippen LogP contribution in [-0.2, 0) is 0 Å². The van der Waals surface area contributed by atoms with Gasteiger partial charge in [-0.05, 0) is 44.7 Å². The molecular formula is C21H21NO2. The van der Waals surface area contributed by atoms with Crippen molar-refractivity contribution in [3.63, 3.8) is 0 Å². The minimum Gasteiger partial charge on any atom is -0.333 e. The third-order valence-electron chi connectivity index (χ3n) is 5.41. The Hall–Kier alpha value is -2.42. The van der Waals surface area contributed by atoms with E-state index in [0.29, 0.717) is 16.7 Å². The molecule has 122 valence electrons. The van der Waals surface area contributed by atoms with Gasteiger partial charge in [0.05, 0.1) is 0 Å². The number of hydrogen-bond acceptors (Lipinski definition) is 2. The number of ketones is 1. The molecule has 1 aliphatic carbocycles. The monoisotopic (exact) mass is 319 g/mol. The molecule has 4 rings (SSSR count). The maximum Gasteiger partial charge on any atom is 0.254 e. The number of nitrogens with zero attached hydrogens (tertiary/aromatic N) is 1. The highest BCUT2D eigenvalue weighted by molar-refractivity contribution is 6.24. The Balaban J connectivity index is 1.85. The maximum absolute atomic E-state index is 13.3. The molecule has 2 aromatic rings. The second-order valence-electron chi connectivity index (χ2n) is 6.94. The molecule has 1 fully saturated rings. The van der Waals surface area contributed by atoms with Gasteiger partial charge in [-0.25, -0.2) is 0 Å². The molecule has 0 N–H and O–H groups in total. The van der Waals surface area contributed by atoms with Gasteiger partial charge in [0.15, 0.2) is 5.78 Å². The predicted molar refractivity (Wildman–Crippen MR) is 94.3 cm³/mol. The number of fused-ring (bicyclic) bond motifs is 3. The van der Waals surface area contributed by atoms with Crippen molar-refractivity contribution in [2.45, 2.75) is 45.2 Å². The van der Waals surface area contributed by atoms with Crippen LogP contribution >= 0.6 is 0 Å². The van der Waals surface area contributed by atoms with Crippen molar-refractivity contribution < 1.29 is 9.59 Å². The molecule has 0 spiro atoms. The van der Waals surface area contributed by atoms with Crippen LogP contribution < -0.4 is 0 Å². The summed E-state index contributed by atoms with van der Waals surface area (Å²) in [5.41, 5.74) is 3.71. The lowest BCUT2D eigenvalue weighted by molar-refractivity contribution is 0.0511. The topological polar surface area (TPSA) is 37.4 Å². The quantitative estimate of drug-likeness (QED) is 0.670. The fourth-order valence-corrected chi connectivity index (χ4v) is 4.21. The van der Waals surface area contributed by atoms with Crippen molar-refractivity contribution in [1.82, 2.24) is 4.90 Å². The Morgan fingerprint density at radius 3 is 2.25 bits per heavy atom. The van der Waals surface area contributed by atoms with E-state index < -0.39 is 0 Å². The van der Waals surface area contributed by atoms with E-state index >= 15 is 0 Å². The van der Waals surface area contributed by atoms with Gasteiger partial charge in [0.2, 0.25) is 0 Å². The van der Waals surface area contributed by atoms with Gasteiger partial charge in [0.1, 0.15) is 0 Å². The normalized spacial score (nSPS) is 22.2. The van der Waals surface area contributed by atoms with Crippen LogP contribution in [0.25, 0.3) is 11.1 Å². The smallest absolute Gasteiger partial charge is 0.254 e. The van der Waals surface area contributed by atoms with Gasteiger partial charge in [0.25, 0.3) is 5.91 Å². The Labute approximate surface area is 142 Å². The van der Waals surface area contributed by atoms with Crippen molar-refractivity contribution >= 4 is 11.7 Å². The summed E-state index contributed by atoms with van der Waals surface area (Å²) in [5, 5.41) is 0. The summed E-state index contributed by atoms with van der Waals surface area (Å²) in [4.78, 5) is 28.0. The molecule has 2 aromatic carbocycles. The molecule has 3 nitrogen and oxygen atoms in total. The minimum atomic E-state index is 0.0231. The molecule has 1 heterocycles. The van der Waals surface area contributed by atoms with Crippen LogP contribution in [0.4, 0.5) is 0 Å². The molecule has 0 bridgehead atoms. The van der Waals surface area contributed by atoms with Gasteiger partial charge >= 0.3 is 0 Å². The summed E-state index contributed by atoms with van der Waals surface area (Å²) in [6, 6.07) is 13.6. The summed E-state index contributed by atoms with van der Waals surface area (Å²) >= 11 is 0. The van der Waals surface area contributed by atoms with E-state index in [9.17, 15) is 9.59 Å². The fourth-order valence-electron chi connectivity index (χ4n) is 4.21. The van der Waals surface area contributed by atoms with Gasteiger partial charge in [0, 0.05) is 34.3 Å². The second kappa shape index (κ2) is 5.59. The number of amides is 1. The second-order valence-corrected chi connectivity index (χ2v) is 6.94. The summed E-state index contributed by atoms with van der Waals surface area (Å²) in [6.07, 6.45) is 3.25. The van der Waals surface area contributed by atoms with Crippen molar-refractivity contribution in [3.05, 3.63) is 59.2 Å². The largest absolute Gasteiger partial charge is 0.333 e. The van der Waals surface area contributed by atoms with Gasteiger partial charge in [-0.15, -0.1) is 0 Å². The summed E-state index contributed by atoms with van der Waals surface area (Å²) in [5.74, 6) is 0.0750. The number of rotatable bonds is 1. The first-order chi connectivity index (χ1) is 11.6. The molecule has 1 aliphatic heterocycles. The van der Waals surface area contributed by atoms with Gasteiger partial charge in [-0.2, -0.15) is 0 Å². The van der Waals surface area contributed by atoms with E-state index in [1.807, 2.05) is 47.4 Å². The van der Waals surface area contributed by atoms with E-state index in [2.05, 4.69) is 13.8 Å². The predicted octanol–water partition coefficient (Wildman–Crippen LogP) is 4.30. The van der Waals surface area contributed by atoms with Crippen LogP contribution in [-0.4, -0.2) is 28.7 Å². The van der Waals surface area contributed by atoms with Crippen LogP contribution in [0.5, 0.6) is 0 Å². The molecule has 2 atom stereocenters. The van der Waals surface area contributed by atoms with Gasteiger partial charge in [-0.3, -0.25) is 9.59 Å². The lowest BCUT2D eigenvalue weighted by Gasteiger charge is -2.39. The number of likely N-dealkylation sites (tertiary alicyclic amines) is 1. The van der Waals surface area contributed by atoms with Crippen LogP contribution in [0.1, 0.15) is 59.4 Å². The van der Waals surface area contributed by atoms with E-state index in [4.69, 9.17) is 0 Å². The average molecular weight is 319 g/mol. The molecule has 0 saturated carbocycles. The van der Waals surface area contributed by atoms with E-state index in [1.165, 1.54) is 6.42 Å². The Morgan fingerprint density at radius 2 is 1.54 bits per heavy atom. The Kier molecular flexibility index (Phi) is 3.52. The van der Waals surface area contributed by atoms with Crippen molar-refractivity contribution in [2.24, 2.45) is 0 Å². The first kappa shape index (κ1) is 15.1. The van der Waals surface area contributed by atoms with Crippen LogP contribution in [0, 0.1) is 0 Å². The highest BCUT2D eigenvalue weighted by Crippen LogP contribution is 2.40. The molecule has 1 saturated heterocycles. The SMILES string of the molecule is C[C@H]1CCC[C@H](C)N1C(=O)c1cccc2c1-c1ccccc1C2=O. The standard InChI is InChI=1S/C21H21NO2/c1-13-7-5-8-14(2)22(13)21(24)18-12-6-11-17-19(18)15-9-3-4-10-16(15)20(17)23/h3-4,6,9-14H,5,7-8H2,1-2H3/t13-,14-/m0/s1. The molecule has 1 amide bonds. The van der Waals surface area contributed by atoms with Gasteiger partial charge in [-0.1, -0.05) is 36.4 Å². The summed E-state index contributed by atoms with van der Waals surface area (Å²) in [7, 11) is 0. The highest BCUT2D eigenvalue weighted by Gasteiger charge is 2.35. The first-order valence-electron chi connectivity index (χ1n) is 8.69. The van der Waals surface area contributed by atoms with Crippen LogP contribution in [0.3, 0.4) is 0 Å². The zero-order valence-electron chi connectivity index (χ0n) is 14.1. The first-order valence-corrected chi connectivity index (χ1v) is 8.69. The number of carbonyl (C=O) groups is 2. The molecule has 0 unspecified atom stereocenters. The molecular weight excluding hydrogens is 298 g/mol. The van der Waals surface area contributed by atoms with E-state index in [0.717, 1.165) is 24.0 Å². The van der Waals surface area contributed by atoms with E-state index in [-0.39, 0.29) is 23.8 Å². The molecule has 3 heteroatoms. The van der Waals surface area contributed by atoms with Gasteiger partial charge < -0.3 is 4.90 Å². The summed E-state index contributed by atoms with van der Waals surface area (Å²) < 4.78 is 0. The number of hydrogen-bond donors (Lipinski definition) is 0. The maximum atomic E-state index is 13.3. The average Bonchev–Trinajstić information content (AvgIpc) is 2.88. The third kappa shape index (κ3) is 2.11. The lowest BCUT2D eigenvalue weighted by Crippen LogP contribution is -2.47. The van der Waals surface area contributed by atoms with Crippen LogP contribution in [0.15, 0.2) is 42.5 Å². The van der Waals surface area contributed by atoms with Crippen molar-refractivity contribution in [1.29, 1.82) is 0 Å².